The van der Waals surface area contributed by atoms with Crippen molar-refractivity contribution in [2.24, 2.45) is 4.99 Å². The summed E-state index contributed by atoms with van der Waals surface area (Å²) in [6, 6.07) is 4.50. The third kappa shape index (κ3) is 6.11. The second-order valence-electron chi connectivity index (χ2n) is 4.92. The van der Waals surface area contributed by atoms with Gasteiger partial charge in [-0.1, -0.05) is 17.7 Å². The van der Waals surface area contributed by atoms with Crippen LogP contribution in [-0.4, -0.2) is 25.6 Å². The SMILES string of the molecule is CCNC(=NCCc1c(C)cc(C)cc1C)NCC.I. The quantitative estimate of drug-likeness (QED) is 0.461. The average molecular weight is 389 g/mol. The highest BCUT2D eigenvalue weighted by molar-refractivity contribution is 14.0. The molecule has 0 aliphatic carbocycles. The molecule has 0 bridgehead atoms. The topological polar surface area (TPSA) is 36.4 Å². The van der Waals surface area contributed by atoms with Crippen molar-refractivity contribution in [1.29, 1.82) is 0 Å². The third-order valence-electron chi connectivity index (χ3n) is 3.16. The first kappa shape index (κ1) is 19.2. The Bertz CT molecular complexity index is 410. The van der Waals surface area contributed by atoms with E-state index in [2.05, 4.69) is 62.4 Å². The van der Waals surface area contributed by atoms with Crippen LogP contribution in [0.2, 0.25) is 0 Å². The molecule has 0 aromatic heterocycles. The lowest BCUT2D eigenvalue weighted by Gasteiger charge is -2.12. The molecule has 0 aliphatic heterocycles. The number of nitrogens with zero attached hydrogens (tertiary/aromatic N) is 1. The molecule has 0 radical (unpaired) electrons. The van der Waals surface area contributed by atoms with Crippen molar-refractivity contribution in [3.63, 3.8) is 0 Å². The zero-order chi connectivity index (χ0) is 14.3. The molecule has 1 aromatic carbocycles. The second kappa shape index (κ2) is 10.0. The molecule has 114 valence electrons. The van der Waals surface area contributed by atoms with Gasteiger partial charge < -0.3 is 10.6 Å². The smallest absolute Gasteiger partial charge is 0.191 e. The van der Waals surface area contributed by atoms with E-state index in [4.69, 9.17) is 0 Å². The van der Waals surface area contributed by atoms with Crippen LogP contribution in [0.5, 0.6) is 0 Å². The number of hydrogen-bond donors (Lipinski definition) is 2. The summed E-state index contributed by atoms with van der Waals surface area (Å²) in [5, 5.41) is 6.49. The molecule has 3 nitrogen and oxygen atoms in total. The minimum Gasteiger partial charge on any atom is -0.357 e. The molecular formula is C16H28IN3. The van der Waals surface area contributed by atoms with Gasteiger partial charge in [-0.15, -0.1) is 24.0 Å². The number of hydrogen-bond acceptors (Lipinski definition) is 1. The Balaban J connectivity index is 0.00000361. The number of aliphatic imine (C=N–C) groups is 1. The van der Waals surface area contributed by atoms with E-state index in [-0.39, 0.29) is 24.0 Å². The van der Waals surface area contributed by atoms with E-state index in [1.165, 1.54) is 22.3 Å². The maximum absolute atomic E-state index is 4.60. The predicted molar refractivity (Wildman–Crippen MR) is 99.4 cm³/mol. The van der Waals surface area contributed by atoms with Crippen LogP contribution in [0.25, 0.3) is 0 Å². The van der Waals surface area contributed by atoms with E-state index in [0.29, 0.717) is 0 Å². The molecule has 0 heterocycles. The first-order chi connectivity index (χ1) is 9.08. The Kier molecular flexibility index (Phi) is 9.63. The van der Waals surface area contributed by atoms with E-state index >= 15 is 0 Å². The van der Waals surface area contributed by atoms with Crippen molar-refractivity contribution >= 4 is 29.9 Å². The van der Waals surface area contributed by atoms with E-state index in [1.54, 1.807) is 0 Å². The van der Waals surface area contributed by atoms with Crippen molar-refractivity contribution < 1.29 is 0 Å². The second-order valence-corrected chi connectivity index (χ2v) is 4.92. The maximum Gasteiger partial charge on any atom is 0.191 e. The van der Waals surface area contributed by atoms with Crippen LogP contribution in [0.1, 0.15) is 36.1 Å². The maximum atomic E-state index is 4.60. The number of nitrogens with one attached hydrogen (secondary N) is 2. The number of halogens is 1. The van der Waals surface area contributed by atoms with Gasteiger partial charge in [0.2, 0.25) is 0 Å². The van der Waals surface area contributed by atoms with Gasteiger partial charge in [0, 0.05) is 19.6 Å². The van der Waals surface area contributed by atoms with E-state index in [1.807, 2.05) is 0 Å². The summed E-state index contributed by atoms with van der Waals surface area (Å²) < 4.78 is 0. The number of benzene rings is 1. The highest BCUT2D eigenvalue weighted by Crippen LogP contribution is 2.16. The first-order valence-corrected chi connectivity index (χ1v) is 7.17. The molecule has 0 aliphatic rings. The lowest BCUT2D eigenvalue weighted by atomic mass is 9.97. The van der Waals surface area contributed by atoms with Gasteiger partial charge in [-0.2, -0.15) is 0 Å². The van der Waals surface area contributed by atoms with E-state index in [9.17, 15) is 0 Å². The monoisotopic (exact) mass is 389 g/mol. The van der Waals surface area contributed by atoms with Crippen LogP contribution in [0, 0.1) is 20.8 Å². The number of guanidine groups is 1. The van der Waals surface area contributed by atoms with Gasteiger partial charge >= 0.3 is 0 Å². The minimum atomic E-state index is 0. The van der Waals surface area contributed by atoms with Crippen LogP contribution in [0.15, 0.2) is 17.1 Å². The van der Waals surface area contributed by atoms with Crippen molar-refractivity contribution in [3.05, 3.63) is 34.4 Å². The average Bonchev–Trinajstić information content (AvgIpc) is 2.32. The van der Waals surface area contributed by atoms with Gasteiger partial charge in [0.05, 0.1) is 0 Å². The first-order valence-electron chi connectivity index (χ1n) is 7.17. The molecule has 20 heavy (non-hydrogen) atoms. The molecule has 0 unspecified atom stereocenters. The fraction of sp³-hybridized carbons (Fsp3) is 0.562. The molecule has 1 aromatic rings. The van der Waals surface area contributed by atoms with Crippen molar-refractivity contribution in [1.82, 2.24) is 10.6 Å². The van der Waals surface area contributed by atoms with Crippen LogP contribution in [0.3, 0.4) is 0 Å². The zero-order valence-electron chi connectivity index (χ0n) is 13.3. The van der Waals surface area contributed by atoms with Crippen molar-refractivity contribution in [2.45, 2.75) is 41.0 Å². The Hall–Kier alpha value is -0.780. The summed E-state index contributed by atoms with van der Waals surface area (Å²) in [6.45, 7) is 13.3. The summed E-state index contributed by atoms with van der Waals surface area (Å²) in [5.74, 6) is 0.910. The van der Waals surface area contributed by atoms with Crippen LogP contribution in [0.4, 0.5) is 0 Å². The van der Waals surface area contributed by atoms with Crippen molar-refractivity contribution in [2.75, 3.05) is 19.6 Å². The Labute approximate surface area is 140 Å². The standard InChI is InChI=1S/C16H27N3.HI/c1-6-17-16(18-7-2)19-9-8-15-13(4)10-12(3)11-14(15)5;/h10-11H,6-9H2,1-5H3,(H2,17,18,19);1H. The molecular weight excluding hydrogens is 361 g/mol. The number of aryl methyl sites for hydroxylation is 3. The van der Waals surface area contributed by atoms with Crippen molar-refractivity contribution in [3.8, 4) is 0 Å². The normalized spacial score (nSPS) is 9.65. The van der Waals surface area contributed by atoms with Gasteiger partial charge in [-0.05, 0) is 57.7 Å². The summed E-state index contributed by atoms with van der Waals surface area (Å²) in [7, 11) is 0. The molecule has 0 amide bonds. The molecule has 0 saturated carbocycles. The summed E-state index contributed by atoms with van der Waals surface area (Å²) in [5.41, 5.74) is 5.52. The molecule has 0 spiro atoms. The molecule has 2 N–H and O–H groups in total. The summed E-state index contributed by atoms with van der Waals surface area (Å²) in [6.07, 6.45) is 0.998. The molecule has 1 rings (SSSR count). The summed E-state index contributed by atoms with van der Waals surface area (Å²) >= 11 is 0. The molecule has 0 fully saturated rings. The van der Waals surface area contributed by atoms with Gasteiger partial charge in [-0.3, -0.25) is 4.99 Å². The van der Waals surface area contributed by atoms with Gasteiger partial charge in [-0.25, -0.2) is 0 Å². The third-order valence-corrected chi connectivity index (χ3v) is 3.16. The minimum absolute atomic E-state index is 0. The Morgan fingerprint density at radius 2 is 1.50 bits per heavy atom. The Morgan fingerprint density at radius 1 is 1.00 bits per heavy atom. The van der Waals surface area contributed by atoms with E-state index in [0.717, 1.165) is 32.0 Å². The number of rotatable bonds is 5. The van der Waals surface area contributed by atoms with Gasteiger partial charge in [0.15, 0.2) is 5.96 Å². The highest BCUT2D eigenvalue weighted by atomic mass is 127. The Morgan fingerprint density at radius 3 is 1.95 bits per heavy atom. The zero-order valence-corrected chi connectivity index (χ0v) is 15.7. The molecule has 0 saturated heterocycles. The van der Waals surface area contributed by atoms with Crippen LogP contribution < -0.4 is 10.6 Å². The van der Waals surface area contributed by atoms with Gasteiger partial charge in [0.25, 0.3) is 0 Å². The van der Waals surface area contributed by atoms with Crippen LogP contribution >= 0.6 is 24.0 Å². The highest BCUT2D eigenvalue weighted by Gasteiger charge is 2.03. The lowest BCUT2D eigenvalue weighted by molar-refractivity contribution is 0.831. The molecule has 0 atom stereocenters. The van der Waals surface area contributed by atoms with E-state index < -0.39 is 0 Å². The summed E-state index contributed by atoms with van der Waals surface area (Å²) in [4.78, 5) is 4.60. The predicted octanol–water partition coefficient (Wildman–Crippen LogP) is 3.35. The van der Waals surface area contributed by atoms with Gasteiger partial charge in [0.1, 0.15) is 0 Å². The lowest BCUT2D eigenvalue weighted by Crippen LogP contribution is -2.37. The molecule has 4 heteroatoms. The largest absolute Gasteiger partial charge is 0.357 e. The van der Waals surface area contributed by atoms with Crippen LogP contribution in [-0.2, 0) is 6.42 Å². The fourth-order valence-electron chi connectivity index (χ4n) is 2.39. The fourth-order valence-corrected chi connectivity index (χ4v) is 2.39.